The summed E-state index contributed by atoms with van der Waals surface area (Å²) in [6.07, 6.45) is 8.98. The van der Waals surface area contributed by atoms with Crippen molar-refractivity contribution in [3.8, 4) is 11.5 Å². The first-order valence-corrected chi connectivity index (χ1v) is 9.70. The van der Waals surface area contributed by atoms with Gasteiger partial charge in [0.15, 0.2) is 11.5 Å². The number of nitrogens with one attached hydrogen (secondary N) is 1. The van der Waals surface area contributed by atoms with Crippen molar-refractivity contribution < 1.29 is 4.79 Å². The highest BCUT2D eigenvalue weighted by atomic mass is 16.2. The summed E-state index contributed by atoms with van der Waals surface area (Å²) in [5.74, 6) is 1.16. The minimum absolute atomic E-state index is 0.0128. The summed E-state index contributed by atoms with van der Waals surface area (Å²) in [7, 11) is 1.94. The van der Waals surface area contributed by atoms with Crippen LogP contribution in [-0.2, 0) is 13.5 Å². The molecular weight excluding hydrogens is 366 g/mol. The van der Waals surface area contributed by atoms with Crippen molar-refractivity contribution in [2.24, 2.45) is 13.0 Å². The van der Waals surface area contributed by atoms with Crippen molar-refractivity contribution in [1.82, 2.24) is 34.6 Å². The normalized spacial score (nSPS) is 16.6. The van der Waals surface area contributed by atoms with Gasteiger partial charge in [0.1, 0.15) is 5.69 Å². The lowest BCUT2D eigenvalue weighted by Gasteiger charge is -2.15. The Bertz CT molecular complexity index is 1160. The molecule has 1 aromatic carbocycles. The number of aromatic nitrogens is 6. The molecule has 1 N–H and O–H groups in total. The van der Waals surface area contributed by atoms with Gasteiger partial charge in [0.05, 0.1) is 17.4 Å². The summed E-state index contributed by atoms with van der Waals surface area (Å²) >= 11 is 0. The number of hydrogen-bond donors (Lipinski definition) is 1. The number of likely N-dealkylation sites (tertiary alicyclic amines) is 1. The molecular formula is C21H21N7O. The summed E-state index contributed by atoms with van der Waals surface area (Å²) in [4.78, 5) is 28.2. The number of imidazole rings is 1. The van der Waals surface area contributed by atoms with Gasteiger partial charge in [0.2, 0.25) is 0 Å². The third kappa shape index (κ3) is 3.26. The van der Waals surface area contributed by atoms with Crippen LogP contribution in [0.5, 0.6) is 0 Å². The van der Waals surface area contributed by atoms with Gasteiger partial charge in [-0.25, -0.2) is 9.97 Å². The average Bonchev–Trinajstić information content (AvgIpc) is 3.48. The van der Waals surface area contributed by atoms with Crippen LogP contribution >= 0.6 is 0 Å². The molecule has 5 rings (SSSR count). The Hall–Kier alpha value is -3.55. The van der Waals surface area contributed by atoms with Crippen LogP contribution in [0.1, 0.15) is 22.6 Å². The van der Waals surface area contributed by atoms with E-state index in [2.05, 4.69) is 25.1 Å². The van der Waals surface area contributed by atoms with Gasteiger partial charge < -0.3 is 9.47 Å². The van der Waals surface area contributed by atoms with Crippen molar-refractivity contribution in [2.45, 2.75) is 12.8 Å². The molecule has 0 bridgehead atoms. The molecule has 1 aliphatic rings. The van der Waals surface area contributed by atoms with Crippen molar-refractivity contribution in [1.29, 1.82) is 0 Å². The molecule has 0 spiro atoms. The number of aryl methyl sites for hydroxylation is 1. The smallest absolute Gasteiger partial charge is 0.275 e. The zero-order valence-electron chi connectivity index (χ0n) is 16.1. The van der Waals surface area contributed by atoms with E-state index in [-0.39, 0.29) is 5.91 Å². The second-order valence-electron chi connectivity index (χ2n) is 7.48. The Kier molecular flexibility index (Phi) is 4.31. The molecule has 29 heavy (non-hydrogen) atoms. The number of benzene rings is 1. The zero-order valence-corrected chi connectivity index (χ0v) is 16.1. The van der Waals surface area contributed by atoms with Crippen LogP contribution in [0, 0.1) is 5.92 Å². The average molecular weight is 387 g/mol. The number of H-pyrrole nitrogens is 1. The van der Waals surface area contributed by atoms with E-state index in [9.17, 15) is 4.79 Å². The maximum atomic E-state index is 12.9. The fraction of sp³-hybridized carbons (Fsp3) is 0.286. The van der Waals surface area contributed by atoms with Gasteiger partial charge in [-0.2, -0.15) is 5.10 Å². The lowest BCUT2D eigenvalue weighted by atomic mass is 10.0. The summed E-state index contributed by atoms with van der Waals surface area (Å²) in [5.41, 5.74) is 3.08. The Morgan fingerprint density at radius 2 is 2.10 bits per heavy atom. The Morgan fingerprint density at radius 1 is 1.21 bits per heavy atom. The highest BCUT2D eigenvalue weighted by Crippen LogP contribution is 2.24. The number of carbonyl (C=O) groups is 1. The Morgan fingerprint density at radius 3 is 2.90 bits per heavy atom. The number of amides is 1. The Balaban J connectivity index is 1.25. The lowest BCUT2D eigenvalue weighted by Crippen LogP contribution is -2.29. The predicted molar refractivity (Wildman–Crippen MR) is 108 cm³/mol. The number of fused-ring (bicyclic) bond motifs is 1. The molecule has 0 unspecified atom stereocenters. The third-order valence-corrected chi connectivity index (χ3v) is 5.50. The first kappa shape index (κ1) is 17.5. The van der Waals surface area contributed by atoms with Crippen LogP contribution in [0.3, 0.4) is 0 Å². The van der Waals surface area contributed by atoms with Gasteiger partial charge in [-0.05, 0) is 24.8 Å². The summed E-state index contributed by atoms with van der Waals surface area (Å²) < 4.78 is 1.92. The SMILES string of the molecule is Cn1ccnc1-c1cnc(C[C@@H]2CCN(C(=O)c3n[nH]c4ccccc34)C2)cn1. The molecule has 8 nitrogen and oxygen atoms in total. The van der Waals surface area contributed by atoms with E-state index in [0.717, 1.165) is 47.5 Å². The molecule has 4 aromatic rings. The highest BCUT2D eigenvalue weighted by molar-refractivity contribution is 6.04. The van der Waals surface area contributed by atoms with Gasteiger partial charge in [-0.1, -0.05) is 18.2 Å². The van der Waals surface area contributed by atoms with Crippen molar-refractivity contribution in [3.05, 3.63) is 60.4 Å². The Labute approximate surface area is 167 Å². The number of nitrogens with zero attached hydrogens (tertiary/aromatic N) is 6. The molecule has 0 radical (unpaired) electrons. The monoisotopic (exact) mass is 387 g/mol. The quantitative estimate of drug-likeness (QED) is 0.581. The van der Waals surface area contributed by atoms with E-state index in [4.69, 9.17) is 0 Å². The van der Waals surface area contributed by atoms with E-state index < -0.39 is 0 Å². The lowest BCUT2D eigenvalue weighted by molar-refractivity contribution is 0.0783. The summed E-state index contributed by atoms with van der Waals surface area (Å²) in [5, 5.41) is 8.06. The molecule has 4 heterocycles. The summed E-state index contributed by atoms with van der Waals surface area (Å²) in [6, 6.07) is 7.72. The minimum atomic E-state index is -0.0128. The van der Waals surface area contributed by atoms with E-state index in [1.165, 1.54) is 0 Å². The van der Waals surface area contributed by atoms with Crippen molar-refractivity contribution in [3.63, 3.8) is 0 Å². The minimum Gasteiger partial charge on any atom is -0.337 e. The molecule has 1 atom stereocenters. The number of hydrogen-bond acceptors (Lipinski definition) is 5. The predicted octanol–water partition coefficient (Wildman–Crippen LogP) is 2.46. The van der Waals surface area contributed by atoms with Gasteiger partial charge in [-0.3, -0.25) is 14.9 Å². The largest absolute Gasteiger partial charge is 0.337 e. The number of aromatic amines is 1. The molecule has 0 saturated carbocycles. The van der Waals surface area contributed by atoms with Crippen LogP contribution in [-0.4, -0.2) is 53.6 Å². The number of rotatable bonds is 4. The van der Waals surface area contributed by atoms with Crippen LogP contribution in [0.25, 0.3) is 22.4 Å². The maximum absolute atomic E-state index is 12.9. The highest BCUT2D eigenvalue weighted by Gasteiger charge is 2.29. The van der Waals surface area contributed by atoms with Gasteiger partial charge in [0.25, 0.3) is 5.91 Å². The van der Waals surface area contributed by atoms with Gasteiger partial charge in [-0.15, -0.1) is 0 Å². The number of para-hydroxylation sites is 1. The molecule has 8 heteroatoms. The molecule has 1 amide bonds. The fourth-order valence-corrected chi connectivity index (χ4v) is 3.94. The van der Waals surface area contributed by atoms with Crippen LogP contribution < -0.4 is 0 Å². The van der Waals surface area contributed by atoms with E-state index >= 15 is 0 Å². The molecule has 1 aliphatic heterocycles. The second kappa shape index (κ2) is 7.12. The zero-order chi connectivity index (χ0) is 19.8. The van der Waals surface area contributed by atoms with Crippen LogP contribution in [0.2, 0.25) is 0 Å². The molecule has 3 aromatic heterocycles. The number of carbonyl (C=O) groups excluding carboxylic acids is 1. The van der Waals surface area contributed by atoms with Gasteiger partial charge >= 0.3 is 0 Å². The molecule has 1 fully saturated rings. The van der Waals surface area contributed by atoms with Crippen molar-refractivity contribution >= 4 is 16.8 Å². The molecule has 1 saturated heterocycles. The van der Waals surface area contributed by atoms with E-state index in [0.29, 0.717) is 18.2 Å². The standard InChI is InChI=1S/C21H21N7O/c1-27-9-7-22-20(27)18-12-23-15(11-24-18)10-14-6-8-28(13-14)21(29)19-16-4-2-3-5-17(16)25-26-19/h2-5,7,9,11-12,14H,6,8,10,13H2,1H3,(H,25,26)/t14-/m0/s1. The molecule has 146 valence electrons. The van der Waals surface area contributed by atoms with Crippen molar-refractivity contribution in [2.75, 3.05) is 13.1 Å². The van der Waals surface area contributed by atoms with E-state index in [1.807, 2.05) is 53.2 Å². The maximum Gasteiger partial charge on any atom is 0.275 e. The van der Waals surface area contributed by atoms with E-state index in [1.54, 1.807) is 12.4 Å². The first-order valence-electron chi connectivity index (χ1n) is 9.70. The third-order valence-electron chi connectivity index (χ3n) is 5.50. The summed E-state index contributed by atoms with van der Waals surface area (Å²) in [6.45, 7) is 1.45. The van der Waals surface area contributed by atoms with Gasteiger partial charge in [0, 0.05) is 44.1 Å². The topological polar surface area (TPSA) is 92.6 Å². The van der Waals surface area contributed by atoms with Crippen LogP contribution in [0.15, 0.2) is 49.1 Å². The fourth-order valence-electron chi connectivity index (χ4n) is 3.94. The second-order valence-corrected chi connectivity index (χ2v) is 7.48. The molecule has 0 aliphatic carbocycles. The van der Waals surface area contributed by atoms with Crippen LogP contribution in [0.4, 0.5) is 0 Å². The first-order chi connectivity index (χ1) is 14.2.